The molecular weight excluding hydrogens is 546 g/mol. The van der Waals surface area contributed by atoms with E-state index in [9.17, 15) is 24.3 Å². The van der Waals surface area contributed by atoms with E-state index in [0.29, 0.717) is 29.7 Å². The summed E-state index contributed by atoms with van der Waals surface area (Å²) >= 11 is 0. The topological polar surface area (TPSA) is 139 Å². The number of ether oxygens (including phenoxy) is 1. The van der Waals surface area contributed by atoms with Crippen LogP contribution >= 0.6 is 0 Å². The average molecular weight is 594 g/mol. The van der Waals surface area contributed by atoms with Crippen molar-refractivity contribution in [3.8, 4) is 0 Å². The maximum atomic E-state index is 14.0. The molecule has 4 aliphatic rings. The number of benzene rings is 1. The van der Waals surface area contributed by atoms with Crippen LogP contribution in [0.4, 0.5) is 10.5 Å². The van der Waals surface area contributed by atoms with Crippen LogP contribution in [0.1, 0.15) is 89.6 Å². The van der Waals surface area contributed by atoms with Crippen molar-refractivity contribution in [1.82, 2.24) is 4.90 Å². The van der Waals surface area contributed by atoms with Crippen molar-refractivity contribution in [3.05, 3.63) is 42.0 Å². The fourth-order valence-corrected chi connectivity index (χ4v) is 8.80. The zero-order chi connectivity index (χ0) is 31.6. The Balaban J connectivity index is 1.48. The van der Waals surface area contributed by atoms with E-state index in [0.717, 1.165) is 17.7 Å². The lowest BCUT2D eigenvalue weighted by atomic mass is 9.44. The highest BCUT2D eigenvalue weighted by Gasteiger charge is 2.68. The maximum absolute atomic E-state index is 14.0. The molecule has 9 heteroatoms. The molecule has 3 fully saturated rings. The molecule has 1 aromatic carbocycles. The first-order valence-electron chi connectivity index (χ1n) is 15.7. The molecule has 1 aliphatic heterocycles. The third-order valence-corrected chi connectivity index (χ3v) is 12.0. The Morgan fingerprint density at radius 2 is 1.91 bits per heavy atom. The largest absolute Gasteiger partial charge is 0.445 e. The van der Waals surface area contributed by atoms with Gasteiger partial charge in [-0.3, -0.25) is 14.4 Å². The van der Waals surface area contributed by atoms with Gasteiger partial charge >= 0.3 is 6.09 Å². The number of nitrogens with two attached hydrogens (primary N) is 1. The lowest BCUT2D eigenvalue weighted by Crippen LogP contribution is -2.63. The minimum Gasteiger partial charge on any atom is -0.445 e. The van der Waals surface area contributed by atoms with E-state index >= 15 is 0 Å². The zero-order valence-corrected chi connectivity index (χ0v) is 26.3. The summed E-state index contributed by atoms with van der Waals surface area (Å²) in [6.45, 7) is 15.9. The van der Waals surface area contributed by atoms with Gasteiger partial charge in [0, 0.05) is 40.0 Å². The van der Waals surface area contributed by atoms with Crippen molar-refractivity contribution in [3.63, 3.8) is 0 Å². The van der Waals surface area contributed by atoms with Crippen LogP contribution in [0.25, 0.3) is 0 Å². The fourth-order valence-electron chi connectivity index (χ4n) is 8.80. The molecular formula is C34H47N3O6. The van der Waals surface area contributed by atoms with Crippen molar-refractivity contribution >= 4 is 29.4 Å². The van der Waals surface area contributed by atoms with E-state index in [4.69, 9.17) is 10.5 Å². The molecule has 1 aromatic rings. The SMILES string of the molecule is C=C[C@]1(C)C[C@@H](OC(=O)N2Cc3c(NC(=O)C(N)C(C)C)cccc3C2=O)[C@@]2(C)C3C(=O)CC[C@@]3(CC[C@H]2C)[C@@H](C)[C@@H]1O. The Morgan fingerprint density at radius 1 is 1.21 bits per heavy atom. The molecule has 3 saturated carbocycles. The quantitative estimate of drug-likeness (QED) is 0.406. The number of hydrogen-bond acceptors (Lipinski definition) is 7. The van der Waals surface area contributed by atoms with E-state index in [2.05, 4.69) is 32.7 Å². The lowest BCUT2D eigenvalue weighted by molar-refractivity contribution is -0.192. The maximum Gasteiger partial charge on any atom is 0.417 e. The third kappa shape index (κ3) is 4.65. The van der Waals surface area contributed by atoms with Gasteiger partial charge in [0.2, 0.25) is 5.91 Å². The van der Waals surface area contributed by atoms with Crippen LogP contribution in [-0.2, 0) is 20.9 Å². The predicted molar refractivity (Wildman–Crippen MR) is 163 cm³/mol. The van der Waals surface area contributed by atoms with Gasteiger partial charge in [0.05, 0.1) is 18.7 Å². The Morgan fingerprint density at radius 3 is 2.56 bits per heavy atom. The number of hydrogen-bond donors (Lipinski definition) is 3. The summed E-state index contributed by atoms with van der Waals surface area (Å²) in [6, 6.07) is 4.25. The molecule has 0 saturated heterocycles. The zero-order valence-electron chi connectivity index (χ0n) is 26.3. The highest BCUT2D eigenvalue weighted by atomic mass is 16.6. The summed E-state index contributed by atoms with van der Waals surface area (Å²) in [6.07, 6.45) is 2.55. The number of carbonyl (C=O) groups is 4. The van der Waals surface area contributed by atoms with E-state index < -0.39 is 46.5 Å². The second kappa shape index (κ2) is 10.8. The Bertz CT molecular complexity index is 1360. The number of amides is 3. The van der Waals surface area contributed by atoms with E-state index in [1.807, 2.05) is 20.8 Å². The summed E-state index contributed by atoms with van der Waals surface area (Å²) in [7, 11) is 0. The molecule has 1 heterocycles. The van der Waals surface area contributed by atoms with Crippen molar-refractivity contribution in [1.29, 1.82) is 0 Å². The smallest absolute Gasteiger partial charge is 0.417 e. The van der Waals surface area contributed by atoms with Crippen LogP contribution in [0.2, 0.25) is 0 Å². The van der Waals surface area contributed by atoms with Crippen LogP contribution in [0.3, 0.4) is 0 Å². The highest BCUT2D eigenvalue weighted by molar-refractivity contribution is 6.08. The molecule has 43 heavy (non-hydrogen) atoms. The van der Waals surface area contributed by atoms with Crippen LogP contribution in [0.15, 0.2) is 30.9 Å². The van der Waals surface area contributed by atoms with Gasteiger partial charge in [0.25, 0.3) is 5.91 Å². The number of aliphatic hydroxyl groups is 1. The number of nitrogens with zero attached hydrogens (tertiary/aromatic N) is 1. The molecule has 9 nitrogen and oxygen atoms in total. The molecule has 3 amide bonds. The summed E-state index contributed by atoms with van der Waals surface area (Å²) < 4.78 is 6.34. The lowest BCUT2D eigenvalue weighted by Gasteiger charge is -2.61. The first kappa shape index (κ1) is 31.4. The van der Waals surface area contributed by atoms with Crippen LogP contribution < -0.4 is 11.1 Å². The molecule has 2 unspecified atom stereocenters. The van der Waals surface area contributed by atoms with Gasteiger partial charge in [-0.25, -0.2) is 9.69 Å². The summed E-state index contributed by atoms with van der Waals surface area (Å²) in [4.78, 5) is 54.9. The minimum absolute atomic E-state index is 0.0654. The Hall–Kier alpha value is -3.04. The van der Waals surface area contributed by atoms with Crippen molar-refractivity contribution in [2.45, 2.75) is 98.4 Å². The van der Waals surface area contributed by atoms with E-state index in [1.165, 1.54) is 0 Å². The van der Waals surface area contributed by atoms with Crippen molar-refractivity contribution in [2.24, 2.45) is 45.7 Å². The van der Waals surface area contributed by atoms with Gasteiger partial charge in [-0.1, -0.05) is 53.7 Å². The first-order valence-corrected chi connectivity index (χ1v) is 15.7. The number of ketones is 1. The molecule has 4 N–H and O–H groups in total. The molecule has 0 aromatic heterocycles. The fraction of sp³-hybridized carbons (Fsp3) is 0.647. The summed E-state index contributed by atoms with van der Waals surface area (Å²) in [5.74, 6) is -1.22. The van der Waals surface area contributed by atoms with Gasteiger partial charge in [0.1, 0.15) is 11.9 Å². The number of fused-ring (bicyclic) bond motifs is 1. The average Bonchev–Trinajstić information content (AvgIpc) is 3.51. The summed E-state index contributed by atoms with van der Waals surface area (Å²) in [5.41, 5.74) is 5.43. The Labute approximate surface area is 254 Å². The van der Waals surface area contributed by atoms with Crippen LogP contribution in [0, 0.1) is 39.9 Å². The molecule has 2 bridgehead atoms. The molecule has 5 rings (SSSR count). The minimum atomic E-state index is -0.799. The third-order valence-electron chi connectivity index (χ3n) is 12.0. The summed E-state index contributed by atoms with van der Waals surface area (Å²) in [5, 5.41) is 14.6. The van der Waals surface area contributed by atoms with Crippen LogP contribution in [0.5, 0.6) is 0 Å². The number of carbonyl (C=O) groups excluding carboxylic acids is 4. The number of imide groups is 1. The second-order valence-corrected chi connectivity index (χ2v) is 14.4. The van der Waals surface area contributed by atoms with E-state index in [-0.39, 0.29) is 48.3 Å². The van der Waals surface area contributed by atoms with Crippen molar-refractivity contribution in [2.75, 3.05) is 5.32 Å². The Kier molecular flexibility index (Phi) is 7.91. The number of rotatable bonds is 5. The second-order valence-electron chi connectivity index (χ2n) is 14.4. The van der Waals surface area contributed by atoms with Crippen LogP contribution in [-0.4, -0.2) is 51.9 Å². The molecule has 234 valence electrons. The molecule has 3 aliphatic carbocycles. The van der Waals surface area contributed by atoms with E-state index in [1.54, 1.807) is 24.3 Å². The standard InChI is InChI=1S/C34H47N3O6/c1-8-32(6)16-25(33(7)19(4)12-14-34(20(5)28(32)39)15-13-24(38)27(33)34)43-31(42)37-17-22-21(30(37)41)10-9-11-23(22)36-29(40)26(35)18(2)3/h8-11,18-20,25-28,39H,1,12-17,35H2,2-7H3,(H,36,40)/t19-,20+,25-,26?,27?,28+,32-,33+,34+/m1/s1. The monoisotopic (exact) mass is 593 g/mol. The molecule has 0 spiro atoms. The molecule has 9 atom stereocenters. The van der Waals surface area contributed by atoms with Gasteiger partial charge in [-0.2, -0.15) is 0 Å². The van der Waals surface area contributed by atoms with Gasteiger partial charge in [-0.05, 0) is 61.0 Å². The van der Waals surface area contributed by atoms with Gasteiger partial charge in [-0.15, -0.1) is 6.58 Å². The molecule has 0 radical (unpaired) electrons. The number of anilines is 1. The van der Waals surface area contributed by atoms with Crippen molar-refractivity contribution < 1.29 is 29.0 Å². The predicted octanol–water partition coefficient (Wildman–Crippen LogP) is 5.06. The number of Topliss-reactive ketones (excluding diaryl/α,β-unsaturated/α-hetero) is 1. The number of aliphatic hydroxyl groups excluding tert-OH is 1. The normalized spacial score (nSPS) is 37.7. The highest BCUT2D eigenvalue weighted by Crippen LogP contribution is 2.68. The van der Waals surface area contributed by atoms with Gasteiger partial charge < -0.3 is 20.9 Å². The van der Waals surface area contributed by atoms with Gasteiger partial charge in [0.15, 0.2) is 0 Å². The number of nitrogens with one attached hydrogen (secondary N) is 1. The first-order chi connectivity index (χ1) is 20.1.